The summed E-state index contributed by atoms with van der Waals surface area (Å²) in [5, 5.41) is 2.99. The summed E-state index contributed by atoms with van der Waals surface area (Å²) in [6.45, 7) is -1.36. The third kappa shape index (κ3) is 3.21. The Morgan fingerprint density at radius 1 is 1.26 bits per heavy atom. The lowest BCUT2D eigenvalue weighted by molar-refractivity contribution is -0.115. The fourth-order valence-electron chi connectivity index (χ4n) is 2.76. The molecule has 1 aromatic carbocycles. The van der Waals surface area contributed by atoms with Crippen molar-refractivity contribution in [3.8, 4) is 5.69 Å². The first kappa shape index (κ1) is 17.3. The van der Waals surface area contributed by atoms with Gasteiger partial charge >= 0.3 is 11.9 Å². The lowest BCUT2D eigenvalue weighted by atomic mass is 10.2. The van der Waals surface area contributed by atoms with Crippen LogP contribution in [0.2, 0.25) is 5.02 Å². The summed E-state index contributed by atoms with van der Waals surface area (Å²) in [5.74, 6) is -0.292. The minimum Gasteiger partial charge on any atom is -0.450 e. The smallest absolute Gasteiger partial charge is 0.405 e. The van der Waals surface area contributed by atoms with Gasteiger partial charge < -0.3 is 9.73 Å². The van der Waals surface area contributed by atoms with Crippen LogP contribution in [0.5, 0.6) is 0 Å². The molecule has 3 aromatic heterocycles. The van der Waals surface area contributed by atoms with Crippen LogP contribution in [-0.2, 0) is 0 Å². The number of pyridine rings is 1. The lowest BCUT2D eigenvalue weighted by Gasteiger charge is -2.11. The Balaban J connectivity index is 2.06. The fraction of sp³-hybridized carbons (Fsp3) is 0.118. The Labute approximate surface area is 154 Å². The summed E-state index contributed by atoms with van der Waals surface area (Å²) in [5.41, 5.74) is 0.243. The number of nitrogens with one attached hydrogen (secondary N) is 1. The summed E-state index contributed by atoms with van der Waals surface area (Å²) in [7, 11) is 0. The van der Waals surface area contributed by atoms with Crippen LogP contribution >= 0.6 is 11.6 Å². The van der Waals surface area contributed by atoms with E-state index in [9.17, 15) is 18.0 Å². The second kappa shape index (κ2) is 6.27. The highest BCUT2D eigenvalue weighted by molar-refractivity contribution is 6.31. The molecule has 10 heteroatoms. The van der Waals surface area contributed by atoms with Crippen LogP contribution in [-0.4, -0.2) is 27.3 Å². The normalized spacial score (nSPS) is 12.0. The third-order valence-electron chi connectivity index (χ3n) is 3.82. The molecule has 0 saturated heterocycles. The predicted molar refractivity (Wildman–Crippen MR) is 94.5 cm³/mol. The summed E-state index contributed by atoms with van der Waals surface area (Å²) in [6.07, 6.45) is -1.51. The molecule has 0 aliphatic heterocycles. The summed E-state index contributed by atoms with van der Waals surface area (Å²) >= 11 is 6.05. The molecule has 3 heterocycles. The summed E-state index contributed by atoms with van der Waals surface area (Å²) in [4.78, 5) is 20.3. The molecule has 1 N–H and O–H groups in total. The van der Waals surface area contributed by atoms with E-state index in [-0.39, 0.29) is 16.9 Å². The van der Waals surface area contributed by atoms with Gasteiger partial charge in [0.1, 0.15) is 17.6 Å². The number of aromatic nitrogens is 3. The van der Waals surface area contributed by atoms with Crippen molar-refractivity contribution in [1.29, 1.82) is 0 Å². The van der Waals surface area contributed by atoms with E-state index in [4.69, 9.17) is 16.0 Å². The number of hydrogen-bond acceptors (Lipinski definition) is 5. The number of nitrogens with zero attached hydrogens (tertiary/aromatic N) is 3. The second-order valence-corrected chi connectivity index (χ2v) is 6.12. The van der Waals surface area contributed by atoms with Gasteiger partial charge in [0.05, 0.1) is 11.9 Å². The minimum atomic E-state index is -4.48. The van der Waals surface area contributed by atoms with Gasteiger partial charge in [-0.05, 0) is 30.3 Å². The average molecular weight is 395 g/mol. The highest BCUT2D eigenvalue weighted by Crippen LogP contribution is 2.34. The average Bonchev–Trinajstić information content (AvgIpc) is 2.98. The standard InChI is InChI=1S/C17H10ClF3N4O2/c18-9-3-4-12-11(6-9)13-14(27-12)15(23-8-17(19,20)21)24-16(26)25(13)10-2-1-5-22-7-10/h1-7H,8H2,(H,23,24,26). The van der Waals surface area contributed by atoms with Crippen molar-refractivity contribution in [2.24, 2.45) is 0 Å². The number of alkyl halides is 3. The highest BCUT2D eigenvalue weighted by Gasteiger charge is 2.28. The SMILES string of the molecule is O=c1nc(NCC(F)(F)F)c2oc3ccc(Cl)cc3c2n1-c1cccnc1. The molecule has 138 valence electrons. The zero-order chi connectivity index (χ0) is 19.2. The molecular formula is C17H10ClF3N4O2. The van der Waals surface area contributed by atoms with Gasteiger partial charge in [-0.1, -0.05) is 11.6 Å². The zero-order valence-corrected chi connectivity index (χ0v) is 14.2. The van der Waals surface area contributed by atoms with Crippen molar-refractivity contribution >= 4 is 39.5 Å². The van der Waals surface area contributed by atoms with Crippen molar-refractivity contribution in [3.05, 3.63) is 58.2 Å². The molecule has 6 nitrogen and oxygen atoms in total. The maximum Gasteiger partial charge on any atom is 0.405 e. The van der Waals surface area contributed by atoms with E-state index in [0.29, 0.717) is 21.7 Å². The van der Waals surface area contributed by atoms with Gasteiger partial charge in [-0.25, -0.2) is 4.79 Å². The van der Waals surface area contributed by atoms with Gasteiger partial charge in [-0.15, -0.1) is 0 Å². The highest BCUT2D eigenvalue weighted by atomic mass is 35.5. The minimum absolute atomic E-state index is 0.0139. The Kier molecular flexibility index (Phi) is 4.03. The van der Waals surface area contributed by atoms with E-state index in [0.717, 1.165) is 0 Å². The zero-order valence-electron chi connectivity index (χ0n) is 13.4. The van der Waals surface area contributed by atoms with E-state index in [1.54, 1.807) is 30.3 Å². The van der Waals surface area contributed by atoms with E-state index >= 15 is 0 Å². The van der Waals surface area contributed by atoms with Crippen LogP contribution < -0.4 is 11.0 Å². The molecular weight excluding hydrogens is 385 g/mol. The molecule has 0 saturated carbocycles. The van der Waals surface area contributed by atoms with Crippen LogP contribution in [0.4, 0.5) is 19.0 Å². The van der Waals surface area contributed by atoms with Gasteiger partial charge in [0.15, 0.2) is 11.4 Å². The van der Waals surface area contributed by atoms with Gasteiger partial charge in [-0.2, -0.15) is 18.2 Å². The topological polar surface area (TPSA) is 73.0 Å². The summed E-state index contributed by atoms with van der Waals surface area (Å²) < 4.78 is 44.8. The first-order valence-corrected chi connectivity index (χ1v) is 8.07. The third-order valence-corrected chi connectivity index (χ3v) is 4.06. The number of benzene rings is 1. The molecule has 4 rings (SSSR count). The molecule has 0 spiro atoms. The molecule has 0 aliphatic carbocycles. The van der Waals surface area contributed by atoms with Crippen LogP contribution in [0.15, 0.2) is 51.9 Å². The summed E-state index contributed by atoms with van der Waals surface area (Å²) in [6, 6.07) is 7.97. The Morgan fingerprint density at radius 3 is 2.78 bits per heavy atom. The lowest BCUT2D eigenvalue weighted by Crippen LogP contribution is -2.26. The van der Waals surface area contributed by atoms with Crippen molar-refractivity contribution in [3.63, 3.8) is 0 Å². The number of halogens is 4. The maximum atomic E-state index is 12.6. The van der Waals surface area contributed by atoms with Crippen LogP contribution in [0.1, 0.15) is 0 Å². The number of fused-ring (bicyclic) bond motifs is 3. The molecule has 0 amide bonds. The van der Waals surface area contributed by atoms with E-state index < -0.39 is 18.4 Å². The molecule has 0 aliphatic rings. The van der Waals surface area contributed by atoms with E-state index in [1.165, 1.54) is 17.0 Å². The van der Waals surface area contributed by atoms with Gasteiger partial charge in [-0.3, -0.25) is 9.55 Å². The number of furan rings is 1. The van der Waals surface area contributed by atoms with Gasteiger partial charge in [0.25, 0.3) is 0 Å². The molecule has 4 aromatic rings. The molecule has 0 radical (unpaired) electrons. The van der Waals surface area contributed by atoms with Crippen LogP contribution in [0.3, 0.4) is 0 Å². The second-order valence-electron chi connectivity index (χ2n) is 5.68. The van der Waals surface area contributed by atoms with Crippen LogP contribution in [0.25, 0.3) is 27.8 Å². The molecule has 27 heavy (non-hydrogen) atoms. The molecule has 0 bridgehead atoms. The fourth-order valence-corrected chi connectivity index (χ4v) is 2.93. The Bertz CT molecular complexity index is 1200. The quantitative estimate of drug-likeness (QED) is 0.565. The molecule has 0 fully saturated rings. The van der Waals surface area contributed by atoms with E-state index in [1.807, 2.05) is 0 Å². The van der Waals surface area contributed by atoms with Crippen molar-refractivity contribution in [2.45, 2.75) is 6.18 Å². The van der Waals surface area contributed by atoms with Crippen molar-refractivity contribution in [1.82, 2.24) is 14.5 Å². The largest absolute Gasteiger partial charge is 0.450 e. The maximum absolute atomic E-state index is 12.6. The van der Waals surface area contributed by atoms with Crippen LogP contribution in [0, 0.1) is 0 Å². The first-order chi connectivity index (χ1) is 12.8. The number of rotatable bonds is 3. The Hall–Kier alpha value is -3.07. The van der Waals surface area contributed by atoms with Crippen molar-refractivity contribution < 1.29 is 17.6 Å². The number of anilines is 1. The van der Waals surface area contributed by atoms with Gasteiger partial charge in [0, 0.05) is 16.6 Å². The molecule has 0 atom stereocenters. The van der Waals surface area contributed by atoms with Gasteiger partial charge in [0.2, 0.25) is 0 Å². The van der Waals surface area contributed by atoms with Crippen molar-refractivity contribution in [2.75, 3.05) is 11.9 Å². The monoisotopic (exact) mass is 394 g/mol. The first-order valence-electron chi connectivity index (χ1n) is 7.69. The number of hydrogen-bond donors (Lipinski definition) is 1. The predicted octanol–water partition coefficient (Wildman–Crippen LogP) is 4.15. The Morgan fingerprint density at radius 2 is 2.07 bits per heavy atom. The van der Waals surface area contributed by atoms with E-state index in [2.05, 4.69) is 15.3 Å². The molecule has 0 unspecified atom stereocenters.